The summed E-state index contributed by atoms with van der Waals surface area (Å²) in [6.07, 6.45) is -3.84. The van der Waals surface area contributed by atoms with Crippen molar-refractivity contribution in [3.63, 3.8) is 0 Å². The summed E-state index contributed by atoms with van der Waals surface area (Å²) >= 11 is 0. The van der Waals surface area contributed by atoms with Crippen molar-refractivity contribution in [2.75, 3.05) is 13.2 Å². The van der Waals surface area contributed by atoms with E-state index in [1.54, 1.807) is 12.1 Å². The van der Waals surface area contributed by atoms with Crippen LogP contribution in [0.2, 0.25) is 0 Å². The second kappa shape index (κ2) is 6.63. The van der Waals surface area contributed by atoms with E-state index in [0.717, 1.165) is 12.1 Å². The Balaban J connectivity index is 1.87. The average Bonchev–Trinajstić information content (AvgIpc) is 2.55. The Morgan fingerprint density at radius 3 is 2.28 bits per heavy atom. The van der Waals surface area contributed by atoms with Crippen LogP contribution in [-0.4, -0.2) is 23.9 Å². The summed E-state index contributed by atoms with van der Waals surface area (Å²) in [7, 11) is 0. The number of hydrogen-bond acceptors (Lipinski definition) is 2. The first-order valence-electron chi connectivity index (χ1n) is 7.93. The van der Waals surface area contributed by atoms with Crippen molar-refractivity contribution in [2.24, 2.45) is 0 Å². The highest BCUT2D eigenvalue weighted by Crippen LogP contribution is 2.35. The number of hydrogen-bond donors (Lipinski definition) is 1. The normalized spacial score (nSPS) is 17.4. The van der Waals surface area contributed by atoms with Gasteiger partial charge in [-0.1, -0.05) is 24.3 Å². The van der Waals surface area contributed by atoms with Gasteiger partial charge < -0.3 is 9.72 Å². The van der Waals surface area contributed by atoms with Crippen molar-refractivity contribution in [3.05, 3.63) is 58.0 Å². The number of pyridine rings is 1. The molecule has 134 valence electrons. The highest BCUT2D eigenvalue weighted by molar-refractivity contribution is 5.66. The van der Waals surface area contributed by atoms with Crippen molar-refractivity contribution in [3.8, 4) is 11.1 Å². The molecule has 3 nitrogen and oxygen atoms in total. The highest BCUT2D eigenvalue weighted by atomic mass is 19.4. The largest absolute Gasteiger partial charge is 0.431 e. The first-order chi connectivity index (χ1) is 11.8. The van der Waals surface area contributed by atoms with Crippen LogP contribution in [0.5, 0.6) is 0 Å². The number of aromatic nitrogens is 1. The lowest BCUT2D eigenvalue weighted by atomic mass is 9.88. The van der Waals surface area contributed by atoms with E-state index in [0.29, 0.717) is 37.2 Å². The molecule has 0 atom stereocenters. The zero-order valence-corrected chi connectivity index (χ0v) is 13.3. The molecule has 0 bridgehead atoms. The number of alkyl halides is 4. The van der Waals surface area contributed by atoms with E-state index in [1.165, 1.54) is 12.1 Å². The molecule has 0 radical (unpaired) electrons. The topological polar surface area (TPSA) is 42.1 Å². The zero-order chi connectivity index (χ0) is 18.1. The zero-order valence-electron chi connectivity index (χ0n) is 13.3. The molecule has 1 aromatic heterocycles. The molecule has 0 amide bonds. The quantitative estimate of drug-likeness (QED) is 0.842. The molecule has 3 rings (SSSR count). The molecular formula is C18H17F4NO2. The maximum atomic E-state index is 14.7. The van der Waals surface area contributed by atoms with Crippen LogP contribution >= 0.6 is 0 Å². The molecule has 1 aromatic carbocycles. The minimum Gasteiger partial charge on any atom is -0.381 e. The lowest BCUT2D eigenvalue weighted by molar-refractivity contribution is -0.140. The van der Waals surface area contributed by atoms with Crippen LogP contribution in [0, 0.1) is 0 Å². The van der Waals surface area contributed by atoms with Gasteiger partial charge in [-0.3, -0.25) is 4.79 Å². The standard InChI is InChI=1S/C18H17F4NO2/c19-17(7-9-25-10-8-17)11-12-1-3-13(4-2-12)14-5-6-15(24)23-16(14)18(20,21)22/h1-6H,7-11H2,(H,23,24). The van der Waals surface area contributed by atoms with Crippen LogP contribution < -0.4 is 5.56 Å². The van der Waals surface area contributed by atoms with E-state index in [9.17, 15) is 22.4 Å². The SMILES string of the molecule is O=c1ccc(-c2ccc(CC3(F)CCOCC3)cc2)c(C(F)(F)F)[nH]1. The van der Waals surface area contributed by atoms with Crippen molar-refractivity contribution in [2.45, 2.75) is 31.1 Å². The summed E-state index contributed by atoms with van der Waals surface area (Å²) in [6, 6.07) is 8.47. The van der Waals surface area contributed by atoms with Gasteiger partial charge in [-0.2, -0.15) is 13.2 Å². The van der Waals surface area contributed by atoms with Crippen molar-refractivity contribution >= 4 is 0 Å². The molecule has 0 unspecified atom stereocenters. The van der Waals surface area contributed by atoms with E-state index < -0.39 is 23.1 Å². The van der Waals surface area contributed by atoms with Crippen LogP contribution in [0.25, 0.3) is 11.1 Å². The monoisotopic (exact) mass is 355 g/mol. The molecule has 2 heterocycles. The fourth-order valence-corrected chi connectivity index (χ4v) is 3.02. The van der Waals surface area contributed by atoms with Crippen LogP contribution in [0.4, 0.5) is 17.6 Å². The minimum absolute atomic E-state index is 0.111. The van der Waals surface area contributed by atoms with Gasteiger partial charge >= 0.3 is 6.18 Å². The molecule has 1 fully saturated rings. The lowest BCUT2D eigenvalue weighted by Gasteiger charge is -2.29. The van der Waals surface area contributed by atoms with Gasteiger partial charge in [-0.05, 0) is 17.2 Å². The number of halogens is 4. The first kappa shape index (κ1) is 17.7. The van der Waals surface area contributed by atoms with Gasteiger partial charge in [0, 0.05) is 44.1 Å². The van der Waals surface area contributed by atoms with Gasteiger partial charge in [0.05, 0.1) is 0 Å². The third-order valence-corrected chi connectivity index (χ3v) is 4.38. The third kappa shape index (κ3) is 4.10. The number of ether oxygens (including phenoxy) is 1. The minimum atomic E-state index is -4.67. The fraction of sp³-hybridized carbons (Fsp3) is 0.389. The second-order valence-corrected chi connectivity index (χ2v) is 6.25. The molecule has 1 N–H and O–H groups in total. The second-order valence-electron chi connectivity index (χ2n) is 6.25. The Morgan fingerprint density at radius 1 is 1.04 bits per heavy atom. The fourth-order valence-electron chi connectivity index (χ4n) is 3.02. The van der Waals surface area contributed by atoms with Crippen LogP contribution in [0.1, 0.15) is 24.1 Å². The van der Waals surface area contributed by atoms with E-state index in [2.05, 4.69) is 0 Å². The van der Waals surface area contributed by atoms with Crippen molar-refractivity contribution in [1.29, 1.82) is 0 Å². The van der Waals surface area contributed by atoms with Gasteiger partial charge in [-0.15, -0.1) is 0 Å². The van der Waals surface area contributed by atoms with Gasteiger partial charge in [0.1, 0.15) is 11.4 Å². The number of benzene rings is 1. The van der Waals surface area contributed by atoms with Gasteiger partial charge in [0.15, 0.2) is 0 Å². The molecule has 1 aliphatic rings. The van der Waals surface area contributed by atoms with E-state index in [-0.39, 0.29) is 12.0 Å². The number of rotatable bonds is 3. The Kier molecular flexibility index (Phi) is 4.69. The Morgan fingerprint density at radius 2 is 1.68 bits per heavy atom. The van der Waals surface area contributed by atoms with Crippen LogP contribution in [-0.2, 0) is 17.3 Å². The van der Waals surface area contributed by atoms with Gasteiger partial charge in [-0.25, -0.2) is 4.39 Å². The Labute approximate surface area is 141 Å². The summed E-state index contributed by atoms with van der Waals surface area (Å²) in [5.41, 5.74) is -2.32. The molecule has 25 heavy (non-hydrogen) atoms. The smallest absolute Gasteiger partial charge is 0.381 e. The molecule has 0 saturated carbocycles. The summed E-state index contributed by atoms with van der Waals surface area (Å²) in [5, 5.41) is 0. The van der Waals surface area contributed by atoms with Gasteiger partial charge in [0.25, 0.3) is 0 Å². The Bertz CT molecular complexity index is 790. The van der Waals surface area contributed by atoms with E-state index >= 15 is 0 Å². The lowest BCUT2D eigenvalue weighted by Crippen LogP contribution is -2.33. The van der Waals surface area contributed by atoms with E-state index in [1.807, 2.05) is 4.98 Å². The molecule has 0 aliphatic carbocycles. The average molecular weight is 355 g/mol. The highest BCUT2D eigenvalue weighted by Gasteiger charge is 2.35. The van der Waals surface area contributed by atoms with Crippen molar-refractivity contribution in [1.82, 2.24) is 4.98 Å². The van der Waals surface area contributed by atoms with E-state index in [4.69, 9.17) is 4.74 Å². The number of aromatic amines is 1. The molecular weight excluding hydrogens is 338 g/mol. The predicted molar refractivity (Wildman–Crippen MR) is 85.1 cm³/mol. The summed E-state index contributed by atoms with van der Waals surface area (Å²) in [5.74, 6) is 0. The maximum Gasteiger partial charge on any atom is 0.431 e. The molecule has 1 saturated heterocycles. The molecule has 0 spiro atoms. The molecule has 1 aliphatic heterocycles. The summed E-state index contributed by atoms with van der Waals surface area (Å²) in [4.78, 5) is 13.1. The van der Waals surface area contributed by atoms with Gasteiger partial charge in [0.2, 0.25) is 5.56 Å². The predicted octanol–water partition coefficient (Wildman–Crippen LogP) is 4.12. The summed E-state index contributed by atoms with van der Waals surface area (Å²) < 4.78 is 59.2. The maximum absolute atomic E-state index is 14.7. The third-order valence-electron chi connectivity index (χ3n) is 4.38. The van der Waals surface area contributed by atoms with Crippen molar-refractivity contribution < 1.29 is 22.3 Å². The van der Waals surface area contributed by atoms with Crippen LogP contribution in [0.3, 0.4) is 0 Å². The Hall–Kier alpha value is -2.15. The number of nitrogens with one attached hydrogen (secondary N) is 1. The molecule has 7 heteroatoms. The van der Waals surface area contributed by atoms with Crippen LogP contribution in [0.15, 0.2) is 41.2 Å². The summed E-state index contributed by atoms with van der Waals surface area (Å²) in [6.45, 7) is 0.752. The first-order valence-corrected chi connectivity index (χ1v) is 7.93. The number of H-pyrrole nitrogens is 1. The molecule has 2 aromatic rings.